The average Bonchev–Trinajstić information content (AvgIpc) is 3.45. The van der Waals surface area contributed by atoms with E-state index in [1.165, 1.54) is 43.9 Å². The first-order chi connectivity index (χ1) is 13.7. The lowest BCUT2D eigenvalue weighted by molar-refractivity contribution is -0.120. The van der Waals surface area contributed by atoms with Crippen molar-refractivity contribution in [1.82, 2.24) is 20.5 Å². The van der Waals surface area contributed by atoms with E-state index in [1.807, 2.05) is 25.1 Å². The zero-order valence-electron chi connectivity index (χ0n) is 16.1. The maximum atomic E-state index is 12.4. The number of fused-ring (bicyclic) bond motifs is 1. The van der Waals surface area contributed by atoms with Crippen molar-refractivity contribution >= 4 is 17.7 Å². The number of carbonyl (C=O) groups is 1. The number of aryl methyl sites for hydroxylation is 1. The summed E-state index contributed by atoms with van der Waals surface area (Å²) in [5.41, 5.74) is 0.974. The molecule has 1 fully saturated rings. The predicted octanol–water partition coefficient (Wildman–Crippen LogP) is 3.45. The fraction of sp³-hybridized carbons (Fsp3) is 0.550. The van der Waals surface area contributed by atoms with Gasteiger partial charge >= 0.3 is 0 Å². The van der Waals surface area contributed by atoms with E-state index in [4.69, 9.17) is 9.47 Å². The van der Waals surface area contributed by atoms with Crippen LogP contribution in [-0.4, -0.2) is 33.1 Å². The number of carbonyl (C=O) groups excluding carboxylic acids is 1. The molecule has 2 N–H and O–H groups in total. The van der Waals surface area contributed by atoms with Crippen LogP contribution in [0.4, 0.5) is 0 Å². The first-order valence-corrected chi connectivity index (χ1v) is 10.8. The van der Waals surface area contributed by atoms with E-state index in [-0.39, 0.29) is 18.0 Å². The molecule has 7 nitrogen and oxygen atoms in total. The molecule has 4 rings (SSSR count). The van der Waals surface area contributed by atoms with E-state index in [2.05, 4.69) is 20.5 Å². The molecule has 8 heteroatoms. The lowest BCUT2D eigenvalue weighted by Gasteiger charge is -2.10. The number of rotatable bonds is 8. The number of nitrogens with one attached hydrogen (secondary N) is 2. The van der Waals surface area contributed by atoms with E-state index in [9.17, 15) is 4.79 Å². The van der Waals surface area contributed by atoms with Crippen LogP contribution in [0.25, 0.3) is 0 Å². The van der Waals surface area contributed by atoms with Gasteiger partial charge in [-0.05, 0) is 37.0 Å². The number of nitrogens with zero attached hydrogens (tertiary/aromatic N) is 2. The quantitative estimate of drug-likeness (QED) is 0.658. The van der Waals surface area contributed by atoms with Crippen LogP contribution in [0.1, 0.15) is 50.4 Å². The second kappa shape index (κ2) is 8.86. The third-order valence-corrected chi connectivity index (χ3v) is 6.29. The van der Waals surface area contributed by atoms with E-state index >= 15 is 0 Å². The summed E-state index contributed by atoms with van der Waals surface area (Å²) in [6, 6.07) is 5.69. The number of hydrogen-bond donors (Lipinski definition) is 2. The Morgan fingerprint density at radius 1 is 1.32 bits per heavy atom. The number of aromatic nitrogens is 3. The highest BCUT2D eigenvalue weighted by atomic mass is 32.2. The van der Waals surface area contributed by atoms with Crippen LogP contribution < -0.4 is 14.8 Å². The predicted molar refractivity (Wildman–Crippen MR) is 106 cm³/mol. The van der Waals surface area contributed by atoms with Crippen LogP contribution >= 0.6 is 11.8 Å². The molecule has 0 bridgehead atoms. The number of hydrogen-bond acceptors (Lipinski definition) is 6. The molecule has 1 aliphatic carbocycles. The van der Waals surface area contributed by atoms with Gasteiger partial charge in [0.1, 0.15) is 5.82 Å². The molecule has 0 spiro atoms. The Bertz CT molecular complexity index is 820. The van der Waals surface area contributed by atoms with Crippen LogP contribution in [0.3, 0.4) is 0 Å². The average molecular weight is 403 g/mol. The largest absolute Gasteiger partial charge is 0.454 e. The number of thioether (sulfide) groups is 1. The minimum Gasteiger partial charge on any atom is -0.454 e. The number of benzene rings is 1. The van der Waals surface area contributed by atoms with E-state index < -0.39 is 0 Å². The summed E-state index contributed by atoms with van der Waals surface area (Å²) in [5, 5.41) is 10.6. The van der Waals surface area contributed by atoms with Gasteiger partial charge in [-0.1, -0.05) is 43.5 Å². The molecule has 0 unspecified atom stereocenters. The first kappa shape index (κ1) is 19.1. The summed E-state index contributed by atoms with van der Waals surface area (Å²) in [6.07, 6.45) is 7.52. The van der Waals surface area contributed by atoms with Gasteiger partial charge in [0.05, 0.1) is 5.25 Å². The molecule has 28 heavy (non-hydrogen) atoms. The summed E-state index contributed by atoms with van der Waals surface area (Å²) in [7, 11) is 0. The molecule has 0 saturated heterocycles. The molecule has 1 aliphatic heterocycles. The molecule has 2 aromatic rings. The fourth-order valence-electron chi connectivity index (χ4n) is 3.68. The normalized spacial score (nSPS) is 17.0. The summed E-state index contributed by atoms with van der Waals surface area (Å²) in [6.45, 7) is 2.56. The van der Waals surface area contributed by atoms with Crippen molar-refractivity contribution in [3.05, 3.63) is 29.6 Å². The maximum Gasteiger partial charge on any atom is 0.233 e. The molecule has 0 radical (unpaired) electrons. The first-order valence-electron chi connectivity index (χ1n) is 9.91. The number of aromatic amines is 1. The molecule has 1 atom stereocenters. The van der Waals surface area contributed by atoms with Crippen LogP contribution in [0, 0.1) is 5.92 Å². The molecule has 1 aromatic heterocycles. The van der Waals surface area contributed by atoms with Crippen LogP contribution in [-0.2, 0) is 17.8 Å². The van der Waals surface area contributed by atoms with Gasteiger partial charge in [-0.15, -0.1) is 5.10 Å². The zero-order valence-corrected chi connectivity index (χ0v) is 16.9. The van der Waals surface area contributed by atoms with Crippen LogP contribution in [0.2, 0.25) is 0 Å². The van der Waals surface area contributed by atoms with Gasteiger partial charge < -0.3 is 14.8 Å². The van der Waals surface area contributed by atoms with Crippen molar-refractivity contribution in [2.45, 2.75) is 62.4 Å². The van der Waals surface area contributed by atoms with Crippen molar-refractivity contribution in [1.29, 1.82) is 0 Å². The van der Waals surface area contributed by atoms with Crippen LogP contribution in [0.5, 0.6) is 11.5 Å². The van der Waals surface area contributed by atoms with Crippen molar-refractivity contribution in [2.24, 2.45) is 5.92 Å². The molecule has 2 heterocycles. The van der Waals surface area contributed by atoms with Gasteiger partial charge in [0.2, 0.25) is 17.9 Å². The van der Waals surface area contributed by atoms with Crippen molar-refractivity contribution in [3.8, 4) is 11.5 Å². The van der Waals surface area contributed by atoms with Crippen molar-refractivity contribution < 1.29 is 14.3 Å². The van der Waals surface area contributed by atoms with E-state index in [1.54, 1.807) is 0 Å². The van der Waals surface area contributed by atoms with Crippen LogP contribution in [0.15, 0.2) is 23.4 Å². The Hall–Kier alpha value is -2.22. The van der Waals surface area contributed by atoms with Gasteiger partial charge in [-0.2, -0.15) is 0 Å². The van der Waals surface area contributed by atoms with Gasteiger partial charge in [-0.3, -0.25) is 9.89 Å². The van der Waals surface area contributed by atoms with Gasteiger partial charge in [0.25, 0.3) is 0 Å². The number of H-pyrrole nitrogens is 1. The number of amides is 1. The highest BCUT2D eigenvalue weighted by Gasteiger charge is 2.19. The standard InChI is InChI=1S/C20H26N4O3S/c1-13(19(25)21-11-15-6-8-16-17(10-15)27-12-26-16)28-20-22-18(23-24-20)9-7-14-4-2-3-5-14/h6,8,10,13-14H,2-5,7,9,11-12H2,1H3,(H,21,25)(H,22,23,24)/t13-/m1/s1. The summed E-state index contributed by atoms with van der Waals surface area (Å²) >= 11 is 1.38. The molecule has 2 aliphatic rings. The Kier molecular flexibility index (Phi) is 6.04. The number of ether oxygens (including phenoxy) is 2. The Labute approximate surface area is 169 Å². The topological polar surface area (TPSA) is 89.1 Å². The highest BCUT2D eigenvalue weighted by molar-refractivity contribution is 8.00. The molecular weight excluding hydrogens is 376 g/mol. The molecule has 1 saturated carbocycles. The Morgan fingerprint density at radius 2 is 2.14 bits per heavy atom. The van der Waals surface area contributed by atoms with Gasteiger partial charge in [-0.25, -0.2) is 4.98 Å². The Morgan fingerprint density at radius 3 is 3.00 bits per heavy atom. The third kappa shape index (κ3) is 4.79. The van der Waals surface area contributed by atoms with E-state index in [0.29, 0.717) is 11.7 Å². The third-order valence-electron chi connectivity index (χ3n) is 5.33. The minimum atomic E-state index is -0.271. The monoisotopic (exact) mass is 402 g/mol. The highest BCUT2D eigenvalue weighted by Crippen LogP contribution is 2.32. The second-order valence-corrected chi connectivity index (χ2v) is 8.73. The minimum absolute atomic E-state index is 0.0417. The summed E-state index contributed by atoms with van der Waals surface area (Å²) in [4.78, 5) is 16.9. The lowest BCUT2D eigenvalue weighted by Crippen LogP contribution is -2.30. The second-order valence-electron chi connectivity index (χ2n) is 7.42. The SMILES string of the molecule is C[C@@H](Sc1n[nH]c(CCC2CCCC2)n1)C(=O)NCc1ccc2c(c1)OCO2. The van der Waals surface area contributed by atoms with E-state index in [0.717, 1.165) is 35.2 Å². The molecule has 1 amide bonds. The fourth-order valence-corrected chi connectivity index (χ4v) is 4.45. The maximum absolute atomic E-state index is 12.4. The smallest absolute Gasteiger partial charge is 0.233 e. The summed E-state index contributed by atoms with van der Waals surface area (Å²) < 4.78 is 10.7. The van der Waals surface area contributed by atoms with Gasteiger partial charge in [0, 0.05) is 13.0 Å². The van der Waals surface area contributed by atoms with Crippen molar-refractivity contribution in [3.63, 3.8) is 0 Å². The lowest BCUT2D eigenvalue weighted by atomic mass is 10.0. The molecule has 150 valence electrons. The zero-order chi connectivity index (χ0) is 19.3. The molecule has 1 aromatic carbocycles. The van der Waals surface area contributed by atoms with Crippen molar-refractivity contribution in [2.75, 3.05) is 6.79 Å². The molecular formula is C20H26N4O3S. The Balaban J connectivity index is 1.23. The van der Waals surface area contributed by atoms with Gasteiger partial charge in [0.15, 0.2) is 11.5 Å². The summed E-state index contributed by atoms with van der Waals surface area (Å²) in [5.74, 6) is 3.18.